The number of carbonyl (C=O) groups is 1. The van der Waals surface area contributed by atoms with Gasteiger partial charge in [-0.3, -0.25) is 4.79 Å². The lowest BCUT2D eigenvalue weighted by Crippen LogP contribution is -1.90. The highest BCUT2D eigenvalue weighted by Crippen LogP contribution is 2.21. The molecule has 0 aliphatic rings. The highest BCUT2D eigenvalue weighted by atomic mass is 16.5. The first-order valence-corrected chi connectivity index (χ1v) is 6.83. The van der Waals surface area contributed by atoms with Crippen molar-refractivity contribution in [1.82, 2.24) is 0 Å². The van der Waals surface area contributed by atoms with Crippen LogP contribution >= 0.6 is 0 Å². The Kier molecular flexibility index (Phi) is 7.36. The topological polar surface area (TPSA) is 46.5 Å². The second-order valence-corrected chi connectivity index (χ2v) is 4.33. The maximum absolute atomic E-state index is 9.60. The number of carboxylic acids is 1. The van der Waals surface area contributed by atoms with Gasteiger partial charge in [0.2, 0.25) is 0 Å². The standard InChI is InChI=1S/C14H12O.C4H8O2/c1-2-12-8-10-14(11-9-12)15-13-6-4-3-5-7-13;1-2-3-4(5)6/h2-11H,1H2;2-3H2,1H3,(H,5,6). The van der Waals surface area contributed by atoms with Crippen LogP contribution in [0, 0.1) is 0 Å². The number of hydrogen-bond donors (Lipinski definition) is 1. The van der Waals surface area contributed by atoms with Gasteiger partial charge in [-0.25, -0.2) is 0 Å². The van der Waals surface area contributed by atoms with E-state index in [1.54, 1.807) is 0 Å². The summed E-state index contributed by atoms with van der Waals surface area (Å²) in [6.45, 7) is 5.55. The molecule has 2 rings (SSSR count). The van der Waals surface area contributed by atoms with Gasteiger partial charge >= 0.3 is 5.97 Å². The van der Waals surface area contributed by atoms with E-state index in [1.165, 1.54) is 0 Å². The molecule has 0 bridgehead atoms. The van der Waals surface area contributed by atoms with Gasteiger partial charge in [-0.15, -0.1) is 0 Å². The molecule has 2 aromatic carbocycles. The summed E-state index contributed by atoms with van der Waals surface area (Å²) in [6, 6.07) is 17.6. The Morgan fingerprint density at radius 1 is 1.10 bits per heavy atom. The fraction of sp³-hybridized carbons (Fsp3) is 0.167. The zero-order chi connectivity index (χ0) is 15.5. The Bertz CT molecular complexity index is 544. The van der Waals surface area contributed by atoms with Crippen LogP contribution in [0.3, 0.4) is 0 Å². The molecule has 0 aromatic heterocycles. The molecule has 0 heterocycles. The number of benzene rings is 2. The van der Waals surface area contributed by atoms with Crippen LogP contribution in [0.15, 0.2) is 61.2 Å². The monoisotopic (exact) mass is 284 g/mol. The summed E-state index contributed by atoms with van der Waals surface area (Å²) in [6.07, 6.45) is 2.83. The Balaban J connectivity index is 0.000000315. The Labute approximate surface area is 125 Å². The molecule has 3 heteroatoms. The van der Waals surface area contributed by atoms with Crippen LogP contribution in [0.4, 0.5) is 0 Å². The van der Waals surface area contributed by atoms with Crippen molar-refractivity contribution >= 4 is 12.0 Å². The van der Waals surface area contributed by atoms with Crippen LogP contribution in [0.5, 0.6) is 11.5 Å². The summed E-state index contributed by atoms with van der Waals surface area (Å²) in [7, 11) is 0. The molecule has 0 atom stereocenters. The molecule has 3 nitrogen and oxygen atoms in total. The molecule has 0 aliphatic carbocycles. The molecule has 0 unspecified atom stereocenters. The third-order valence-electron chi connectivity index (χ3n) is 2.56. The van der Waals surface area contributed by atoms with Crippen LogP contribution in [0.25, 0.3) is 6.08 Å². The molecule has 0 saturated heterocycles. The molecule has 21 heavy (non-hydrogen) atoms. The molecule has 110 valence electrons. The average molecular weight is 284 g/mol. The SMILES string of the molecule is C=Cc1ccc(Oc2ccccc2)cc1.CCCC(=O)O. The van der Waals surface area contributed by atoms with Crippen LogP contribution in [0.2, 0.25) is 0 Å². The summed E-state index contributed by atoms with van der Waals surface area (Å²) in [5, 5.41) is 7.91. The fourth-order valence-electron chi connectivity index (χ4n) is 1.51. The molecule has 0 aliphatic heterocycles. The Morgan fingerprint density at radius 2 is 1.67 bits per heavy atom. The lowest BCUT2D eigenvalue weighted by molar-refractivity contribution is -0.137. The van der Waals surface area contributed by atoms with Crippen molar-refractivity contribution in [2.24, 2.45) is 0 Å². The maximum Gasteiger partial charge on any atom is 0.303 e. The highest BCUT2D eigenvalue weighted by Gasteiger charge is 1.95. The zero-order valence-electron chi connectivity index (χ0n) is 12.2. The van der Waals surface area contributed by atoms with E-state index in [0.717, 1.165) is 23.5 Å². The predicted octanol–water partition coefficient (Wildman–Crippen LogP) is 4.99. The minimum Gasteiger partial charge on any atom is -0.481 e. The molecule has 0 fully saturated rings. The summed E-state index contributed by atoms with van der Waals surface area (Å²) in [5.41, 5.74) is 1.09. The van der Waals surface area contributed by atoms with Crippen LogP contribution in [-0.2, 0) is 4.79 Å². The minimum atomic E-state index is -0.711. The van der Waals surface area contributed by atoms with E-state index in [1.807, 2.05) is 67.6 Å². The number of ether oxygens (including phenoxy) is 1. The number of para-hydroxylation sites is 1. The number of carboxylic acid groups (broad SMARTS) is 1. The van der Waals surface area contributed by atoms with Crippen LogP contribution in [0.1, 0.15) is 25.3 Å². The summed E-state index contributed by atoms with van der Waals surface area (Å²) in [4.78, 5) is 9.60. The molecular formula is C18H20O3. The van der Waals surface area contributed by atoms with E-state index in [0.29, 0.717) is 6.42 Å². The smallest absolute Gasteiger partial charge is 0.303 e. The zero-order valence-corrected chi connectivity index (χ0v) is 12.2. The van der Waals surface area contributed by atoms with Crippen molar-refractivity contribution in [3.8, 4) is 11.5 Å². The van der Waals surface area contributed by atoms with Crippen molar-refractivity contribution in [3.63, 3.8) is 0 Å². The Morgan fingerprint density at radius 3 is 2.10 bits per heavy atom. The summed E-state index contributed by atoms with van der Waals surface area (Å²) in [5.74, 6) is 0.980. The average Bonchev–Trinajstić information content (AvgIpc) is 2.49. The van der Waals surface area contributed by atoms with E-state index < -0.39 is 5.97 Å². The van der Waals surface area contributed by atoms with Gasteiger partial charge < -0.3 is 9.84 Å². The van der Waals surface area contributed by atoms with Crippen molar-refractivity contribution < 1.29 is 14.6 Å². The first-order chi connectivity index (χ1) is 10.2. The van der Waals surface area contributed by atoms with Gasteiger partial charge in [-0.1, -0.05) is 49.9 Å². The van der Waals surface area contributed by atoms with E-state index in [-0.39, 0.29) is 0 Å². The van der Waals surface area contributed by atoms with Crippen LogP contribution in [-0.4, -0.2) is 11.1 Å². The third-order valence-corrected chi connectivity index (χ3v) is 2.56. The van der Waals surface area contributed by atoms with Gasteiger partial charge in [0.05, 0.1) is 0 Å². The van der Waals surface area contributed by atoms with Crippen molar-refractivity contribution in [2.45, 2.75) is 19.8 Å². The molecule has 0 radical (unpaired) electrons. The first-order valence-electron chi connectivity index (χ1n) is 6.83. The summed E-state index contributed by atoms with van der Waals surface area (Å²) < 4.78 is 5.64. The maximum atomic E-state index is 9.60. The van der Waals surface area contributed by atoms with Gasteiger partial charge in [-0.2, -0.15) is 0 Å². The second-order valence-electron chi connectivity index (χ2n) is 4.33. The number of aliphatic carboxylic acids is 1. The van der Waals surface area contributed by atoms with E-state index in [2.05, 4.69) is 6.58 Å². The number of hydrogen-bond acceptors (Lipinski definition) is 2. The molecule has 1 N–H and O–H groups in total. The molecule has 0 saturated carbocycles. The molecule has 2 aromatic rings. The van der Waals surface area contributed by atoms with Gasteiger partial charge in [0.15, 0.2) is 0 Å². The predicted molar refractivity (Wildman–Crippen MR) is 85.6 cm³/mol. The van der Waals surface area contributed by atoms with Gasteiger partial charge in [0.25, 0.3) is 0 Å². The third kappa shape index (κ3) is 6.97. The molecular weight excluding hydrogens is 264 g/mol. The van der Waals surface area contributed by atoms with Crippen molar-refractivity contribution in [3.05, 3.63) is 66.7 Å². The lowest BCUT2D eigenvalue weighted by Gasteiger charge is -2.04. The first kappa shape index (κ1) is 16.5. The quantitative estimate of drug-likeness (QED) is 0.841. The Hall–Kier alpha value is -2.55. The largest absolute Gasteiger partial charge is 0.481 e. The van der Waals surface area contributed by atoms with Crippen molar-refractivity contribution in [2.75, 3.05) is 0 Å². The second kappa shape index (κ2) is 9.37. The van der Waals surface area contributed by atoms with Gasteiger partial charge in [-0.05, 0) is 36.2 Å². The number of rotatable bonds is 5. The molecule has 0 amide bonds. The van der Waals surface area contributed by atoms with Gasteiger partial charge in [0, 0.05) is 6.42 Å². The van der Waals surface area contributed by atoms with E-state index in [9.17, 15) is 4.79 Å². The van der Waals surface area contributed by atoms with Gasteiger partial charge in [0.1, 0.15) is 11.5 Å². The van der Waals surface area contributed by atoms with E-state index >= 15 is 0 Å². The molecule has 0 spiro atoms. The summed E-state index contributed by atoms with van der Waals surface area (Å²) >= 11 is 0. The van der Waals surface area contributed by atoms with Crippen molar-refractivity contribution in [1.29, 1.82) is 0 Å². The van der Waals surface area contributed by atoms with E-state index in [4.69, 9.17) is 9.84 Å². The normalized spacial score (nSPS) is 9.19. The minimum absolute atomic E-state index is 0.292. The van der Waals surface area contributed by atoms with Crippen LogP contribution < -0.4 is 4.74 Å². The highest BCUT2D eigenvalue weighted by molar-refractivity contribution is 5.66. The lowest BCUT2D eigenvalue weighted by atomic mass is 10.2. The fourth-order valence-corrected chi connectivity index (χ4v) is 1.51.